The normalized spacial score (nSPS) is 11.1. The molecule has 0 saturated carbocycles. The predicted molar refractivity (Wildman–Crippen MR) is 123 cm³/mol. The fourth-order valence-electron chi connectivity index (χ4n) is 4.10. The molecule has 0 heterocycles. The topological polar surface area (TPSA) is 33.2 Å². The van der Waals surface area contributed by atoms with Crippen LogP contribution in [0.15, 0.2) is 121 Å². The predicted octanol–water partition coefficient (Wildman–Crippen LogP) is 3.69. The van der Waals surface area contributed by atoms with E-state index in [1.807, 2.05) is 0 Å². The highest BCUT2D eigenvalue weighted by atomic mass is 15.0. The molecule has 4 aromatic rings. The van der Waals surface area contributed by atoms with E-state index in [1.54, 1.807) is 0 Å². The van der Waals surface area contributed by atoms with Gasteiger partial charge in [-0.25, -0.2) is 0 Å². The third kappa shape index (κ3) is 5.24. The summed E-state index contributed by atoms with van der Waals surface area (Å²) >= 11 is 0. The molecule has 0 fully saturated rings. The molecule has 0 amide bonds. The molecule has 30 heavy (non-hydrogen) atoms. The molecule has 2 heteroatoms. The molecular formula is C28H30N2+2. The first-order valence-electron chi connectivity index (χ1n) is 10.8. The molecule has 0 spiro atoms. The summed E-state index contributed by atoms with van der Waals surface area (Å²) in [5.41, 5.74) is 5.41. The number of hydrogen-bond acceptors (Lipinski definition) is 0. The summed E-state index contributed by atoms with van der Waals surface area (Å²) < 4.78 is 0. The molecule has 0 radical (unpaired) electrons. The van der Waals surface area contributed by atoms with Crippen LogP contribution in [0.25, 0.3) is 0 Å². The van der Waals surface area contributed by atoms with E-state index in [1.165, 1.54) is 22.3 Å². The quantitative estimate of drug-likeness (QED) is 0.406. The summed E-state index contributed by atoms with van der Waals surface area (Å²) in [6.07, 6.45) is 0. The third-order valence-corrected chi connectivity index (χ3v) is 5.61. The molecule has 0 aliphatic rings. The third-order valence-electron chi connectivity index (χ3n) is 5.61. The zero-order valence-electron chi connectivity index (χ0n) is 17.3. The fraction of sp³-hybridized carbons (Fsp3) is 0.143. The molecule has 4 N–H and O–H groups in total. The summed E-state index contributed by atoms with van der Waals surface area (Å²) in [5.74, 6) is 0. The first kappa shape index (κ1) is 20.1. The Bertz CT molecular complexity index is 822. The number of nitrogens with two attached hydrogens (primary N) is 2. The average Bonchev–Trinajstić information content (AvgIpc) is 2.84. The molecular weight excluding hydrogens is 364 g/mol. The molecule has 0 atom stereocenters. The van der Waals surface area contributed by atoms with Crippen molar-refractivity contribution in [2.75, 3.05) is 13.1 Å². The average molecular weight is 395 g/mol. The summed E-state index contributed by atoms with van der Waals surface area (Å²) in [6, 6.07) is 43.9. The van der Waals surface area contributed by atoms with Gasteiger partial charge < -0.3 is 10.6 Å². The van der Waals surface area contributed by atoms with Gasteiger partial charge in [-0.15, -0.1) is 0 Å². The minimum Gasteiger partial charge on any atom is -0.332 e. The van der Waals surface area contributed by atoms with Crippen LogP contribution < -0.4 is 10.6 Å². The summed E-state index contributed by atoms with van der Waals surface area (Å²) in [7, 11) is 0. The lowest BCUT2D eigenvalue weighted by Crippen LogP contribution is -2.95. The van der Waals surface area contributed by atoms with Crippen molar-refractivity contribution in [2.45, 2.75) is 12.1 Å². The maximum absolute atomic E-state index is 2.47. The molecule has 4 aromatic carbocycles. The van der Waals surface area contributed by atoms with E-state index >= 15 is 0 Å². The van der Waals surface area contributed by atoms with Crippen molar-refractivity contribution in [1.82, 2.24) is 0 Å². The van der Waals surface area contributed by atoms with E-state index in [4.69, 9.17) is 0 Å². The van der Waals surface area contributed by atoms with Gasteiger partial charge in [-0.3, -0.25) is 0 Å². The molecule has 2 nitrogen and oxygen atoms in total. The van der Waals surface area contributed by atoms with Crippen molar-refractivity contribution in [1.29, 1.82) is 0 Å². The number of benzene rings is 4. The molecule has 4 rings (SSSR count). The van der Waals surface area contributed by atoms with Gasteiger partial charge in [-0.1, -0.05) is 121 Å². The Hall–Kier alpha value is -3.20. The Morgan fingerprint density at radius 3 is 0.833 bits per heavy atom. The van der Waals surface area contributed by atoms with Gasteiger partial charge in [0.2, 0.25) is 0 Å². The SMILES string of the molecule is c1ccc(C([NH2+]CC[NH2+]C(c2ccccc2)c2ccccc2)c2ccccc2)cc1. The lowest BCUT2D eigenvalue weighted by atomic mass is 9.98. The number of hydrogen-bond donors (Lipinski definition) is 2. The zero-order valence-corrected chi connectivity index (χ0v) is 17.3. The fourth-order valence-corrected chi connectivity index (χ4v) is 4.10. The first-order valence-corrected chi connectivity index (χ1v) is 10.8. The first-order chi connectivity index (χ1) is 14.9. The lowest BCUT2D eigenvalue weighted by Gasteiger charge is -2.19. The van der Waals surface area contributed by atoms with E-state index in [0.717, 1.165) is 13.1 Å². The van der Waals surface area contributed by atoms with E-state index in [2.05, 4.69) is 132 Å². The molecule has 0 saturated heterocycles. The van der Waals surface area contributed by atoms with Crippen LogP contribution in [0.3, 0.4) is 0 Å². The summed E-state index contributed by atoms with van der Waals surface area (Å²) in [6.45, 7) is 2.09. The molecule has 150 valence electrons. The van der Waals surface area contributed by atoms with Gasteiger partial charge in [0.25, 0.3) is 0 Å². The maximum atomic E-state index is 2.47. The summed E-state index contributed by atoms with van der Waals surface area (Å²) in [4.78, 5) is 0. The van der Waals surface area contributed by atoms with Crippen LogP contribution in [0.5, 0.6) is 0 Å². The van der Waals surface area contributed by atoms with Crippen LogP contribution in [0.2, 0.25) is 0 Å². The Labute approximate surface area is 179 Å². The zero-order chi connectivity index (χ0) is 20.4. The maximum Gasteiger partial charge on any atom is 0.137 e. The second-order valence-corrected chi connectivity index (χ2v) is 7.65. The molecule has 0 aliphatic heterocycles. The van der Waals surface area contributed by atoms with Gasteiger partial charge in [0.15, 0.2) is 0 Å². The minimum atomic E-state index is 0.327. The highest BCUT2D eigenvalue weighted by Crippen LogP contribution is 2.18. The molecule has 0 aromatic heterocycles. The number of rotatable bonds is 9. The van der Waals surface area contributed by atoms with Gasteiger partial charge in [0, 0.05) is 22.3 Å². The van der Waals surface area contributed by atoms with Crippen molar-refractivity contribution in [3.05, 3.63) is 144 Å². The van der Waals surface area contributed by atoms with Gasteiger partial charge in [-0.05, 0) is 0 Å². The van der Waals surface area contributed by atoms with Crippen molar-refractivity contribution in [3.8, 4) is 0 Å². The van der Waals surface area contributed by atoms with Crippen molar-refractivity contribution in [2.24, 2.45) is 0 Å². The smallest absolute Gasteiger partial charge is 0.137 e. The van der Waals surface area contributed by atoms with Crippen LogP contribution in [0, 0.1) is 0 Å². The molecule has 0 aliphatic carbocycles. The van der Waals surface area contributed by atoms with Crippen LogP contribution in [-0.4, -0.2) is 13.1 Å². The molecule has 0 bridgehead atoms. The van der Waals surface area contributed by atoms with E-state index in [0.29, 0.717) is 12.1 Å². The molecule has 0 unspecified atom stereocenters. The van der Waals surface area contributed by atoms with Crippen molar-refractivity contribution < 1.29 is 10.6 Å². The van der Waals surface area contributed by atoms with Gasteiger partial charge >= 0.3 is 0 Å². The van der Waals surface area contributed by atoms with Crippen molar-refractivity contribution in [3.63, 3.8) is 0 Å². The Balaban J connectivity index is 1.45. The van der Waals surface area contributed by atoms with Crippen LogP contribution in [0.1, 0.15) is 34.3 Å². The van der Waals surface area contributed by atoms with Crippen LogP contribution in [-0.2, 0) is 0 Å². The Morgan fingerprint density at radius 2 is 0.600 bits per heavy atom. The highest BCUT2D eigenvalue weighted by Gasteiger charge is 2.19. The number of quaternary nitrogens is 2. The lowest BCUT2D eigenvalue weighted by molar-refractivity contribution is -0.753. The van der Waals surface area contributed by atoms with E-state index in [9.17, 15) is 0 Å². The van der Waals surface area contributed by atoms with E-state index in [-0.39, 0.29) is 0 Å². The van der Waals surface area contributed by atoms with Gasteiger partial charge in [-0.2, -0.15) is 0 Å². The van der Waals surface area contributed by atoms with Gasteiger partial charge in [0.05, 0.1) is 0 Å². The largest absolute Gasteiger partial charge is 0.332 e. The van der Waals surface area contributed by atoms with Crippen LogP contribution in [0.4, 0.5) is 0 Å². The standard InChI is InChI=1S/C28H28N2/c1-5-13-23(14-6-1)27(24-15-7-2-8-16-24)29-21-22-30-28(25-17-9-3-10-18-25)26-19-11-4-12-20-26/h1-20,27-30H,21-22H2/p+2. The summed E-state index contributed by atoms with van der Waals surface area (Å²) in [5, 5.41) is 4.93. The highest BCUT2D eigenvalue weighted by molar-refractivity contribution is 5.30. The second-order valence-electron chi connectivity index (χ2n) is 7.65. The Morgan fingerprint density at radius 1 is 0.367 bits per heavy atom. The minimum absolute atomic E-state index is 0.327. The van der Waals surface area contributed by atoms with Crippen LogP contribution >= 0.6 is 0 Å². The monoisotopic (exact) mass is 394 g/mol. The van der Waals surface area contributed by atoms with Gasteiger partial charge in [0.1, 0.15) is 25.2 Å². The second kappa shape index (κ2) is 10.5. The Kier molecular flexibility index (Phi) is 7.06. The van der Waals surface area contributed by atoms with Crippen molar-refractivity contribution >= 4 is 0 Å². The van der Waals surface area contributed by atoms with E-state index < -0.39 is 0 Å².